The van der Waals surface area contributed by atoms with Gasteiger partial charge in [-0.05, 0) is 43.2 Å². The predicted molar refractivity (Wildman–Crippen MR) is 118 cm³/mol. The number of carbonyl (C=O) groups excluding carboxylic acids is 1. The Morgan fingerprint density at radius 3 is 2.90 bits per heavy atom. The number of hydrogen-bond donors (Lipinski definition) is 2. The SMILES string of the molecule is CN1CCC([C@H]2COc3ccccc3C2Nc2ncnc3[nH]c(C4CC4)cc23)CC1=O. The summed E-state index contributed by atoms with van der Waals surface area (Å²) < 4.78 is 6.15. The van der Waals surface area contributed by atoms with Gasteiger partial charge in [0.25, 0.3) is 0 Å². The maximum Gasteiger partial charge on any atom is 0.222 e. The second-order valence-corrected chi connectivity index (χ2v) is 9.19. The Hall–Kier alpha value is -3.09. The first kappa shape index (κ1) is 18.7. The minimum Gasteiger partial charge on any atom is -0.493 e. The second-order valence-electron chi connectivity index (χ2n) is 9.19. The normalized spacial score (nSPS) is 25.9. The van der Waals surface area contributed by atoms with Crippen LogP contribution in [0.4, 0.5) is 5.82 Å². The van der Waals surface area contributed by atoms with Crippen LogP contribution in [0, 0.1) is 11.8 Å². The van der Waals surface area contributed by atoms with Gasteiger partial charge in [0.1, 0.15) is 23.5 Å². The van der Waals surface area contributed by atoms with Crippen LogP contribution in [0.3, 0.4) is 0 Å². The Kier molecular flexibility index (Phi) is 4.37. The van der Waals surface area contributed by atoms with Crippen LogP contribution in [0.5, 0.6) is 5.75 Å². The van der Waals surface area contributed by atoms with E-state index in [9.17, 15) is 4.79 Å². The van der Waals surface area contributed by atoms with Crippen molar-refractivity contribution in [2.75, 3.05) is 25.5 Å². The highest BCUT2D eigenvalue weighted by molar-refractivity contribution is 5.88. The number of amides is 1. The van der Waals surface area contributed by atoms with E-state index in [-0.39, 0.29) is 23.8 Å². The summed E-state index contributed by atoms with van der Waals surface area (Å²) in [5.74, 6) is 3.08. The second kappa shape index (κ2) is 7.25. The number of aromatic nitrogens is 3. The molecule has 0 bridgehead atoms. The standard InChI is InChI=1S/C24H27N5O2/c1-29-9-8-15(10-21(29)30)18-12-31-20-5-3-2-4-16(20)22(18)28-24-17-11-19(14-6-7-14)27-23(17)25-13-26-24/h2-5,11,13-15,18,22H,6-10,12H2,1H3,(H2,25,26,27,28)/t15?,18-,22?/m1/s1. The fraction of sp³-hybridized carbons (Fsp3) is 0.458. The van der Waals surface area contributed by atoms with E-state index in [1.807, 2.05) is 24.1 Å². The number of para-hydroxylation sites is 1. The fourth-order valence-electron chi connectivity index (χ4n) is 5.14. The van der Waals surface area contributed by atoms with E-state index in [0.717, 1.165) is 41.1 Å². The van der Waals surface area contributed by atoms with Gasteiger partial charge < -0.3 is 19.9 Å². The van der Waals surface area contributed by atoms with Crippen molar-refractivity contribution >= 4 is 22.8 Å². The Balaban J connectivity index is 1.37. The number of benzene rings is 1. The van der Waals surface area contributed by atoms with E-state index >= 15 is 0 Å². The topological polar surface area (TPSA) is 83.1 Å². The van der Waals surface area contributed by atoms with Crippen LogP contribution in [0.25, 0.3) is 11.0 Å². The quantitative estimate of drug-likeness (QED) is 0.673. The van der Waals surface area contributed by atoms with Crippen molar-refractivity contribution in [1.29, 1.82) is 0 Å². The van der Waals surface area contributed by atoms with Gasteiger partial charge in [-0.15, -0.1) is 0 Å². The molecule has 1 amide bonds. The smallest absolute Gasteiger partial charge is 0.222 e. The van der Waals surface area contributed by atoms with Crippen molar-refractivity contribution in [1.82, 2.24) is 19.9 Å². The van der Waals surface area contributed by atoms with E-state index in [1.165, 1.54) is 18.5 Å². The molecule has 0 radical (unpaired) electrons. The Morgan fingerprint density at radius 2 is 2.06 bits per heavy atom. The average molecular weight is 418 g/mol. The van der Waals surface area contributed by atoms with Crippen molar-refractivity contribution in [3.05, 3.63) is 47.9 Å². The number of fused-ring (bicyclic) bond motifs is 2. The minimum absolute atomic E-state index is 0.0310. The zero-order valence-electron chi connectivity index (χ0n) is 17.7. The molecule has 3 atom stereocenters. The highest BCUT2D eigenvalue weighted by Crippen LogP contribution is 2.45. The zero-order chi connectivity index (χ0) is 20.9. The molecule has 7 nitrogen and oxygen atoms in total. The molecule has 1 aliphatic carbocycles. The molecule has 0 spiro atoms. The van der Waals surface area contributed by atoms with Gasteiger partial charge in [0.15, 0.2) is 0 Å². The van der Waals surface area contributed by atoms with Gasteiger partial charge in [0.2, 0.25) is 5.91 Å². The summed E-state index contributed by atoms with van der Waals surface area (Å²) in [6.45, 7) is 1.40. The van der Waals surface area contributed by atoms with Gasteiger partial charge in [-0.1, -0.05) is 18.2 Å². The summed E-state index contributed by atoms with van der Waals surface area (Å²) in [5, 5.41) is 4.78. The van der Waals surface area contributed by atoms with E-state index in [0.29, 0.717) is 18.9 Å². The van der Waals surface area contributed by atoms with Crippen LogP contribution < -0.4 is 10.1 Å². The van der Waals surface area contributed by atoms with Gasteiger partial charge >= 0.3 is 0 Å². The molecule has 7 heteroatoms. The summed E-state index contributed by atoms with van der Waals surface area (Å²) in [7, 11) is 1.89. The number of likely N-dealkylation sites (tertiary alicyclic amines) is 1. The summed E-state index contributed by atoms with van der Waals surface area (Å²) >= 11 is 0. The number of carbonyl (C=O) groups is 1. The number of nitrogens with zero attached hydrogens (tertiary/aromatic N) is 3. The molecule has 160 valence electrons. The lowest BCUT2D eigenvalue weighted by Crippen LogP contribution is -2.43. The van der Waals surface area contributed by atoms with E-state index < -0.39 is 0 Å². The first-order valence-corrected chi connectivity index (χ1v) is 11.2. The molecule has 6 rings (SSSR count). The fourth-order valence-corrected chi connectivity index (χ4v) is 5.14. The summed E-state index contributed by atoms with van der Waals surface area (Å²) in [5.41, 5.74) is 3.27. The van der Waals surface area contributed by atoms with Gasteiger partial charge in [0.05, 0.1) is 18.0 Å². The molecule has 2 N–H and O–H groups in total. The van der Waals surface area contributed by atoms with Gasteiger partial charge in [-0.25, -0.2) is 9.97 Å². The molecule has 1 aromatic carbocycles. The molecule has 2 aromatic heterocycles. The highest BCUT2D eigenvalue weighted by atomic mass is 16.5. The van der Waals surface area contributed by atoms with Crippen LogP contribution in [-0.2, 0) is 4.79 Å². The van der Waals surface area contributed by atoms with Gasteiger partial charge in [0, 0.05) is 37.2 Å². The molecule has 1 saturated heterocycles. The predicted octanol–water partition coefficient (Wildman–Crippen LogP) is 3.87. The molecule has 4 heterocycles. The maximum atomic E-state index is 12.4. The lowest BCUT2D eigenvalue weighted by molar-refractivity contribution is -0.134. The number of aromatic amines is 1. The van der Waals surface area contributed by atoms with Crippen LogP contribution in [0.1, 0.15) is 48.9 Å². The lowest BCUT2D eigenvalue weighted by atomic mass is 9.76. The van der Waals surface area contributed by atoms with Crippen molar-refractivity contribution in [2.24, 2.45) is 11.8 Å². The molecular weight excluding hydrogens is 390 g/mol. The highest BCUT2D eigenvalue weighted by Gasteiger charge is 2.39. The molecule has 31 heavy (non-hydrogen) atoms. The van der Waals surface area contributed by atoms with Crippen molar-refractivity contribution in [2.45, 2.75) is 37.6 Å². The number of H-pyrrole nitrogens is 1. The number of hydrogen-bond acceptors (Lipinski definition) is 5. The van der Waals surface area contributed by atoms with E-state index in [2.05, 4.69) is 38.5 Å². The molecule has 2 unspecified atom stereocenters. The average Bonchev–Trinajstić information content (AvgIpc) is 3.55. The van der Waals surface area contributed by atoms with Crippen LogP contribution in [-0.4, -0.2) is 46.0 Å². The van der Waals surface area contributed by atoms with Crippen molar-refractivity contribution in [3.63, 3.8) is 0 Å². The lowest BCUT2D eigenvalue weighted by Gasteiger charge is -2.41. The third-order valence-electron chi connectivity index (χ3n) is 7.17. The van der Waals surface area contributed by atoms with Crippen molar-refractivity contribution < 1.29 is 9.53 Å². The summed E-state index contributed by atoms with van der Waals surface area (Å²) in [6, 6.07) is 10.4. The third kappa shape index (κ3) is 3.32. The van der Waals surface area contributed by atoms with Crippen LogP contribution >= 0.6 is 0 Å². The number of piperidine rings is 1. The Bertz CT molecular complexity index is 1140. The van der Waals surface area contributed by atoms with Crippen LogP contribution in [0.15, 0.2) is 36.7 Å². The largest absolute Gasteiger partial charge is 0.493 e. The molecule has 1 saturated carbocycles. The first-order chi connectivity index (χ1) is 15.2. The van der Waals surface area contributed by atoms with E-state index in [1.54, 1.807) is 6.33 Å². The summed E-state index contributed by atoms with van der Waals surface area (Å²) in [4.78, 5) is 26.8. The molecular formula is C24H27N5O2. The van der Waals surface area contributed by atoms with Gasteiger partial charge in [-0.2, -0.15) is 0 Å². The monoisotopic (exact) mass is 417 g/mol. The number of rotatable bonds is 4. The molecule has 2 fully saturated rings. The number of nitrogens with one attached hydrogen (secondary N) is 2. The minimum atomic E-state index is 0.0310. The zero-order valence-corrected chi connectivity index (χ0v) is 17.7. The van der Waals surface area contributed by atoms with Crippen molar-refractivity contribution in [3.8, 4) is 5.75 Å². The Morgan fingerprint density at radius 1 is 1.19 bits per heavy atom. The summed E-state index contributed by atoms with van der Waals surface area (Å²) in [6.07, 6.45) is 5.66. The molecule has 3 aliphatic rings. The van der Waals surface area contributed by atoms with E-state index in [4.69, 9.17) is 4.74 Å². The molecule has 3 aromatic rings. The first-order valence-electron chi connectivity index (χ1n) is 11.2. The van der Waals surface area contributed by atoms with Crippen LogP contribution in [0.2, 0.25) is 0 Å². The number of ether oxygens (including phenoxy) is 1. The molecule has 2 aliphatic heterocycles. The van der Waals surface area contributed by atoms with Gasteiger partial charge in [-0.3, -0.25) is 4.79 Å². The number of anilines is 1. The Labute approximate surface area is 181 Å². The maximum absolute atomic E-state index is 12.4. The third-order valence-corrected chi connectivity index (χ3v) is 7.17.